The molecule has 0 aliphatic carbocycles. The normalized spacial score (nSPS) is 12.2. The third-order valence-electron chi connectivity index (χ3n) is 0.277. The molecule has 0 spiro atoms. The maximum atomic E-state index is 9.76. The van der Waals surface area contributed by atoms with Gasteiger partial charge >= 0.3 is 7.82 Å². The molecule has 8 heavy (non-hydrogen) atoms. The average molecular weight is 139 g/mol. The van der Waals surface area contributed by atoms with Crippen molar-refractivity contribution >= 4 is 7.82 Å². The number of phosphoric acid groups is 1. The zero-order chi connectivity index (χ0) is 6.62. The van der Waals surface area contributed by atoms with Gasteiger partial charge in [0.15, 0.2) is 0 Å². The van der Waals surface area contributed by atoms with Crippen LogP contribution in [0.1, 0.15) is 0 Å². The van der Waals surface area contributed by atoms with Crippen molar-refractivity contribution in [2.45, 2.75) is 0 Å². The molecule has 0 fully saturated rings. The van der Waals surface area contributed by atoms with Crippen LogP contribution in [0.2, 0.25) is 0 Å². The lowest BCUT2D eigenvalue weighted by atomic mass is 11.0. The molecule has 0 aromatic carbocycles. The second kappa shape index (κ2) is 2.71. The van der Waals surface area contributed by atoms with Crippen molar-refractivity contribution < 1.29 is 18.9 Å². The maximum absolute atomic E-state index is 9.76. The predicted octanol–water partition coefficient (Wildman–Crippen LogP) is -0.474. The van der Waals surface area contributed by atoms with Gasteiger partial charge in [-0.3, -0.25) is 9.79 Å². The zero-order valence-corrected chi connectivity index (χ0v) is 4.78. The van der Waals surface area contributed by atoms with Gasteiger partial charge in [-0.15, -0.1) is 0 Å². The first-order valence-corrected chi connectivity index (χ1v) is 3.20. The highest BCUT2D eigenvalue weighted by Gasteiger charge is 2.10. The molecular formula is C2H6NO4P. The van der Waals surface area contributed by atoms with Crippen LogP contribution >= 0.6 is 7.82 Å². The van der Waals surface area contributed by atoms with E-state index < -0.39 is 7.82 Å². The summed E-state index contributed by atoms with van der Waals surface area (Å²) < 4.78 is 13.5. The minimum atomic E-state index is -4.35. The van der Waals surface area contributed by atoms with Crippen LogP contribution in [0.25, 0.3) is 0 Å². The summed E-state index contributed by atoms with van der Waals surface area (Å²) in [4.78, 5) is 15.9. The topological polar surface area (TPSA) is 92.8 Å². The number of rotatable bonds is 2. The first-order chi connectivity index (χ1) is 3.56. The number of hydrogen-bond acceptors (Lipinski definition) is 3. The molecule has 0 aliphatic heterocycles. The lowest BCUT2D eigenvalue weighted by molar-refractivity contribution is 0.258. The van der Waals surface area contributed by atoms with E-state index in [2.05, 4.69) is 10.3 Å². The van der Waals surface area contributed by atoms with Crippen molar-refractivity contribution in [3.05, 3.63) is 12.5 Å². The van der Waals surface area contributed by atoms with Crippen LogP contribution in [-0.4, -0.2) is 9.79 Å². The quantitative estimate of drug-likeness (QED) is 0.355. The van der Waals surface area contributed by atoms with Gasteiger partial charge in [-0.25, -0.2) is 4.57 Å². The van der Waals surface area contributed by atoms with E-state index in [4.69, 9.17) is 9.79 Å². The van der Waals surface area contributed by atoms with Crippen LogP contribution in [0, 0.1) is 0 Å². The Labute approximate surface area is 46.0 Å². The minimum absolute atomic E-state index is 0.723. The Morgan fingerprint density at radius 2 is 2.12 bits per heavy atom. The van der Waals surface area contributed by atoms with Crippen molar-refractivity contribution in [2.24, 2.45) is 5.73 Å². The average Bonchev–Trinajstić information content (AvgIpc) is 1.59. The molecule has 0 rings (SSSR count). The van der Waals surface area contributed by atoms with Crippen LogP contribution in [-0.2, 0) is 9.09 Å². The Balaban J connectivity index is 3.57. The van der Waals surface area contributed by atoms with Crippen LogP contribution in [0.5, 0.6) is 0 Å². The summed E-state index contributed by atoms with van der Waals surface area (Å²) in [6, 6.07) is 0. The summed E-state index contributed by atoms with van der Waals surface area (Å²) in [5, 5.41) is 0. The molecule has 5 nitrogen and oxygen atoms in total. The van der Waals surface area contributed by atoms with E-state index in [1.54, 1.807) is 0 Å². The van der Waals surface area contributed by atoms with Gasteiger partial charge < -0.3 is 10.3 Å². The Morgan fingerprint density at radius 3 is 2.25 bits per heavy atom. The molecule has 0 bridgehead atoms. The van der Waals surface area contributed by atoms with Crippen molar-refractivity contribution in [2.75, 3.05) is 0 Å². The van der Waals surface area contributed by atoms with E-state index in [9.17, 15) is 4.57 Å². The largest absolute Gasteiger partial charge is 0.524 e. The van der Waals surface area contributed by atoms with E-state index in [-0.39, 0.29) is 0 Å². The van der Waals surface area contributed by atoms with Gasteiger partial charge in [0.25, 0.3) is 0 Å². The predicted molar refractivity (Wildman–Crippen MR) is 26.5 cm³/mol. The Kier molecular flexibility index (Phi) is 2.54. The summed E-state index contributed by atoms with van der Waals surface area (Å²) in [6.45, 7) is 0. The summed E-state index contributed by atoms with van der Waals surface area (Å²) >= 11 is 0. The summed E-state index contributed by atoms with van der Waals surface area (Å²) in [5.74, 6) is 0. The fourth-order valence-corrected chi connectivity index (χ4v) is 0.343. The van der Waals surface area contributed by atoms with Gasteiger partial charge in [0.2, 0.25) is 0 Å². The molecule has 6 heteroatoms. The molecule has 0 unspecified atom stereocenters. The molecule has 0 aromatic rings. The SMILES string of the molecule is N/C=C/OP(=O)(O)O. The zero-order valence-electron chi connectivity index (χ0n) is 3.89. The van der Waals surface area contributed by atoms with E-state index in [0.29, 0.717) is 0 Å². The van der Waals surface area contributed by atoms with Crippen molar-refractivity contribution in [1.82, 2.24) is 0 Å². The molecule has 0 radical (unpaired) electrons. The van der Waals surface area contributed by atoms with Crippen molar-refractivity contribution in [3.8, 4) is 0 Å². The number of hydrogen-bond donors (Lipinski definition) is 3. The van der Waals surface area contributed by atoms with Crippen LogP contribution in [0.4, 0.5) is 0 Å². The molecular weight excluding hydrogens is 133 g/mol. The first-order valence-electron chi connectivity index (χ1n) is 1.67. The van der Waals surface area contributed by atoms with Crippen molar-refractivity contribution in [3.63, 3.8) is 0 Å². The molecule has 0 aliphatic rings. The Morgan fingerprint density at radius 1 is 1.62 bits per heavy atom. The molecule has 0 atom stereocenters. The van der Waals surface area contributed by atoms with E-state index in [0.717, 1.165) is 12.5 Å². The van der Waals surface area contributed by atoms with Gasteiger partial charge in [-0.1, -0.05) is 0 Å². The highest BCUT2D eigenvalue weighted by molar-refractivity contribution is 7.46. The fourth-order valence-electron chi connectivity index (χ4n) is 0.114. The smallest absolute Gasteiger partial charge is 0.411 e. The Hall–Kier alpha value is -0.510. The van der Waals surface area contributed by atoms with E-state index in [1.807, 2.05) is 0 Å². The lowest BCUT2D eigenvalue weighted by Crippen LogP contribution is -1.81. The van der Waals surface area contributed by atoms with Crippen LogP contribution in [0.3, 0.4) is 0 Å². The van der Waals surface area contributed by atoms with Gasteiger partial charge in [-0.05, 0) is 0 Å². The third-order valence-corrected chi connectivity index (χ3v) is 0.673. The standard InChI is InChI=1S/C2H6NO4P/c3-1-2-7-8(4,5)6/h1-2H,3H2,(H2,4,5,6)/b2-1+. The fraction of sp³-hybridized carbons (Fsp3) is 0. The molecule has 0 amide bonds. The van der Waals surface area contributed by atoms with Crippen LogP contribution in [0.15, 0.2) is 12.5 Å². The Bertz CT molecular complexity index is 126. The second-order valence-corrected chi connectivity index (χ2v) is 2.12. The summed E-state index contributed by atoms with van der Waals surface area (Å²) in [7, 11) is -4.35. The molecule has 0 saturated heterocycles. The molecule has 0 heterocycles. The summed E-state index contributed by atoms with van der Waals surface area (Å²) in [6.07, 6.45) is 1.61. The molecule has 48 valence electrons. The second-order valence-electron chi connectivity index (χ2n) is 0.925. The van der Waals surface area contributed by atoms with Crippen molar-refractivity contribution in [1.29, 1.82) is 0 Å². The third kappa shape index (κ3) is 5.49. The van der Waals surface area contributed by atoms with Crippen LogP contribution < -0.4 is 5.73 Å². The maximum Gasteiger partial charge on any atom is 0.524 e. The minimum Gasteiger partial charge on any atom is -0.411 e. The summed E-state index contributed by atoms with van der Waals surface area (Å²) in [5.41, 5.74) is 4.69. The van der Waals surface area contributed by atoms with Gasteiger partial charge in [-0.2, -0.15) is 0 Å². The number of phosphoric ester groups is 1. The number of nitrogens with two attached hydrogens (primary N) is 1. The van der Waals surface area contributed by atoms with Gasteiger partial charge in [0, 0.05) is 6.20 Å². The highest BCUT2D eigenvalue weighted by Crippen LogP contribution is 2.35. The highest BCUT2D eigenvalue weighted by atomic mass is 31.2. The molecule has 4 N–H and O–H groups in total. The lowest BCUT2D eigenvalue weighted by Gasteiger charge is -1.97. The van der Waals surface area contributed by atoms with E-state index >= 15 is 0 Å². The monoisotopic (exact) mass is 139 g/mol. The molecule has 0 saturated carbocycles. The van der Waals surface area contributed by atoms with Gasteiger partial charge in [0.05, 0.1) is 0 Å². The first kappa shape index (κ1) is 7.49. The van der Waals surface area contributed by atoms with Gasteiger partial charge in [0.1, 0.15) is 6.26 Å². The van der Waals surface area contributed by atoms with E-state index in [1.165, 1.54) is 0 Å². The molecule has 0 aromatic heterocycles.